The van der Waals surface area contributed by atoms with Gasteiger partial charge >= 0.3 is 6.03 Å². The normalized spacial score (nSPS) is 27.2. The number of hydrogen-bond acceptors (Lipinski definition) is 5. The zero-order valence-electron chi connectivity index (χ0n) is 13.9. The molecule has 7 nitrogen and oxygen atoms in total. The minimum absolute atomic E-state index is 0.0704. The molecule has 2 saturated heterocycles. The van der Waals surface area contributed by atoms with Gasteiger partial charge in [-0.15, -0.1) is 0 Å². The van der Waals surface area contributed by atoms with Crippen molar-refractivity contribution in [2.24, 2.45) is 0 Å². The number of carbonyl (C=O) groups is 1. The van der Waals surface area contributed by atoms with Crippen LogP contribution in [0.5, 0.6) is 0 Å². The lowest BCUT2D eigenvalue weighted by Crippen LogP contribution is -2.48. The van der Waals surface area contributed by atoms with E-state index < -0.39 is 0 Å². The first-order valence-corrected chi connectivity index (χ1v) is 8.23. The monoisotopic (exact) mass is 319 g/mol. The molecule has 2 amide bonds. The molecule has 126 valence electrons. The molecule has 3 heterocycles. The maximum Gasteiger partial charge on any atom is 0.316 e. The topological polar surface area (TPSA) is 70.6 Å². The van der Waals surface area contributed by atoms with Crippen molar-refractivity contribution in [2.75, 3.05) is 38.6 Å². The van der Waals surface area contributed by atoms with Crippen LogP contribution in [0.15, 0.2) is 18.5 Å². The molecule has 0 saturated carbocycles. The van der Waals surface area contributed by atoms with Crippen LogP contribution in [0.4, 0.5) is 10.7 Å². The second-order valence-corrected chi connectivity index (χ2v) is 6.62. The highest BCUT2D eigenvalue weighted by atomic mass is 16.5. The van der Waals surface area contributed by atoms with E-state index in [1.165, 1.54) is 0 Å². The standard InChI is InChI=1S/C16H25N5O2/c1-20(2)15(22)19-11-13-5-3-6-16(23-13)7-10-21(12-16)14-17-8-4-9-18-14/h4,8-9,13H,3,5-7,10-12H2,1-2H3,(H,19,22)/t13-,16-/m0/s1. The van der Waals surface area contributed by atoms with Gasteiger partial charge < -0.3 is 19.9 Å². The number of rotatable bonds is 3. The Kier molecular flexibility index (Phi) is 4.66. The van der Waals surface area contributed by atoms with Crippen LogP contribution >= 0.6 is 0 Å². The molecular weight excluding hydrogens is 294 g/mol. The van der Waals surface area contributed by atoms with Crippen molar-refractivity contribution in [2.45, 2.75) is 37.4 Å². The summed E-state index contributed by atoms with van der Waals surface area (Å²) >= 11 is 0. The van der Waals surface area contributed by atoms with Gasteiger partial charge in [0.25, 0.3) is 0 Å². The van der Waals surface area contributed by atoms with E-state index in [1.807, 2.05) is 6.07 Å². The first-order chi connectivity index (χ1) is 11.1. The fraction of sp³-hybridized carbons (Fsp3) is 0.688. The molecule has 0 bridgehead atoms. The summed E-state index contributed by atoms with van der Waals surface area (Å²) in [5.74, 6) is 0.774. The van der Waals surface area contributed by atoms with Crippen LogP contribution in [-0.4, -0.2) is 66.3 Å². The molecule has 7 heteroatoms. The summed E-state index contributed by atoms with van der Waals surface area (Å²) < 4.78 is 6.39. The number of urea groups is 1. The Bertz CT molecular complexity index is 539. The van der Waals surface area contributed by atoms with Crippen molar-refractivity contribution in [3.8, 4) is 0 Å². The van der Waals surface area contributed by atoms with E-state index in [4.69, 9.17) is 4.74 Å². The second kappa shape index (κ2) is 6.70. The molecule has 0 aliphatic carbocycles. The highest BCUT2D eigenvalue weighted by Gasteiger charge is 2.43. The molecule has 23 heavy (non-hydrogen) atoms. The first kappa shape index (κ1) is 16.0. The number of aromatic nitrogens is 2. The molecule has 2 aliphatic rings. The van der Waals surface area contributed by atoms with Gasteiger partial charge in [0.05, 0.1) is 11.7 Å². The lowest BCUT2D eigenvalue weighted by molar-refractivity contribution is -0.113. The highest BCUT2D eigenvalue weighted by molar-refractivity contribution is 5.73. The zero-order chi connectivity index (χ0) is 16.3. The zero-order valence-corrected chi connectivity index (χ0v) is 13.9. The quantitative estimate of drug-likeness (QED) is 0.908. The fourth-order valence-electron chi connectivity index (χ4n) is 3.40. The average molecular weight is 319 g/mol. The van der Waals surface area contributed by atoms with Gasteiger partial charge in [0.2, 0.25) is 5.95 Å². The van der Waals surface area contributed by atoms with Crippen molar-refractivity contribution in [1.29, 1.82) is 0 Å². The SMILES string of the molecule is CN(C)C(=O)NC[C@@H]1CCC[C@@]2(CCN(c3ncccn3)C2)O1. The number of hydrogen-bond donors (Lipinski definition) is 1. The maximum absolute atomic E-state index is 11.7. The van der Waals surface area contributed by atoms with E-state index >= 15 is 0 Å². The molecule has 0 unspecified atom stereocenters. The number of nitrogens with zero attached hydrogens (tertiary/aromatic N) is 4. The maximum atomic E-state index is 11.7. The van der Waals surface area contributed by atoms with Gasteiger partial charge in [-0.25, -0.2) is 14.8 Å². The van der Waals surface area contributed by atoms with Crippen LogP contribution in [-0.2, 0) is 4.74 Å². The molecule has 2 atom stereocenters. The minimum Gasteiger partial charge on any atom is -0.368 e. The fourth-order valence-corrected chi connectivity index (χ4v) is 3.40. The lowest BCUT2D eigenvalue weighted by atomic mass is 9.90. The molecule has 2 fully saturated rings. The van der Waals surface area contributed by atoms with Crippen molar-refractivity contribution in [3.63, 3.8) is 0 Å². The van der Waals surface area contributed by atoms with Crippen molar-refractivity contribution in [1.82, 2.24) is 20.2 Å². The summed E-state index contributed by atoms with van der Waals surface area (Å²) in [7, 11) is 3.49. The number of amides is 2. The lowest BCUT2D eigenvalue weighted by Gasteiger charge is -2.38. The third kappa shape index (κ3) is 3.72. The summed E-state index contributed by atoms with van der Waals surface area (Å²) in [6, 6.07) is 1.76. The summed E-state index contributed by atoms with van der Waals surface area (Å²) in [4.78, 5) is 24.1. The van der Waals surface area contributed by atoms with E-state index in [2.05, 4.69) is 20.2 Å². The van der Waals surface area contributed by atoms with Gasteiger partial charge in [-0.2, -0.15) is 0 Å². The molecule has 3 rings (SSSR count). The number of nitrogens with one attached hydrogen (secondary N) is 1. The van der Waals surface area contributed by atoms with Gasteiger partial charge in [0, 0.05) is 46.1 Å². The van der Waals surface area contributed by atoms with E-state index in [1.54, 1.807) is 31.4 Å². The predicted molar refractivity (Wildman–Crippen MR) is 87.4 cm³/mol. The van der Waals surface area contributed by atoms with E-state index in [0.29, 0.717) is 6.54 Å². The Hall–Kier alpha value is -1.89. The smallest absolute Gasteiger partial charge is 0.316 e. The van der Waals surface area contributed by atoms with Gasteiger partial charge in [-0.3, -0.25) is 0 Å². The molecule has 0 radical (unpaired) electrons. The van der Waals surface area contributed by atoms with Gasteiger partial charge in [-0.1, -0.05) is 0 Å². The van der Waals surface area contributed by atoms with Gasteiger partial charge in [0.15, 0.2) is 0 Å². The van der Waals surface area contributed by atoms with E-state index in [0.717, 1.165) is 44.7 Å². The summed E-state index contributed by atoms with van der Waals surface area (Å²) in [5, 5.41) is 2.92. The Morgan fingerprint density at radius 1 is 1.43 bits per heavy atom. The van der Waals surface area contributed by atoms with E-state index in [-0.39, 0.29) is 17.7 Å². The van der Waals surface area contributed by atoms with Crippen LogP contribution < -0.4 is 10.2 Å². The molecule has 2 aliphatic heterocycles. The van der Waals surface area contributed by atoms with Crippen LogP contribution in [0.25, 0.3) is 0 Å². The van der Waals surface area contributed by atoms with Crippen molar-refractivity contribution >= 4 is 12.0 Å². The molecule has 1 aromatic rings. The molecule has 1 aromatic heterocycles. The number of ether oxygens (including phenoxy) is 1. The van der Waals surface area contributed by atoms with E-state index in [9.17, 15) is 4.79 Å². The molecule has 1 N–H and O–H groups in total. The van der Waals surface area contributed by atoms with Gasteiger partial charge in [0.1, 0.15) is 0 Å². The molecular formula is C16H25N5O2. The Morgan fingerprint density at radius 2 is 2.22 bits per heavy atom. The number of carbonyl (C=O) groups excluding carboxylic acids is 1. The third-order valence-electron chi connectivity index (χ3n) is 4.61. The van der Waals surface area contributed by atoms with Gasteiger partial charge in [-0.05, 0) is 31.7 Å². The van der Waals surface area contributed by atoms with Crippen molar-refractivity contribution in [3.05, 3.63) is 18.5 Å². The van der Waals surface area contributed by atoms with Crippen LogP contribution in [0.2, 0.25) is 0 Å². The van der Waals surface area contributed by atoms with Crippen LogP contribution in [0, 0.1) is 0 Å². The highest BCUT2D eigenvalue weighted by Crippen LogP contribution is 2.37. The van der Waals surface area contributed by atoms with Crippen molar-refractivity contribution < 1.29 is 9.53 Å². The summed E-state index contributed by atoms with van der Waals surface area (Å²) in [6.07, 6.45) is 7.81. The minimum atomic E-state index is -0.120. The summed E-state index contributed by atoms with van der Waals surface area (Å²) in [6.45, 7) is 2.32. The Balaban J connectivity index is 1.57. The summed E-state index contributed by atoms with van der Waals surface area (Å²) in [5.41, 5.74) is -0.120. The predicted octanol–water partition coefficient (Wildman–Crippen LogP) is 1.27. The van der Waals surface area contributed by atoms with Crippen LogP contribution in [0.3, 0.4) is 0 Å². The molecule has 0 aromatic carbocycles. The van der Waals surface area contributed by atoms with Crippen LogP contribution in [0.1, 0.15) is 25.7 Å². The number of anilines is 1. The Morgan fingerprint density at radius 3 is 2.96 bits per heavy atom. The molecule has 1 spiro atoms. The first-order valence-electron chi connectivity index (χ1n) is 8.23. The largest absolute Gasteiger partial charge is 0.368 e. The Labute approximate surface area is 137 Å². The average Bonchev–Trinajstić information content (AvgIpc) is 2.97. The third-order valence-corrected chi connectivity index (χ3v) is 4.61. The second-order valence-electron chi connectivity index (χ2n) is 6.62.